The molecule has 0 N–H and O–H groups in total. The highest BCUT2D eigenvalue weighted by molar-refractivity contribution is 5.78. The number of hydrogen-bond acceptors (Lipinski definition) is 2. The molecule has 0 aliphatic heterocycles. The molecule has 102 valence electrons. The third-order valence-electron chi connectivity index (χ3n) is 2.43. The average molecular weight is 266 g/mol. The third-order valence-corrected chi connectivity index (χ3v) is 2.43. The summed E-state index contributed by atoms with van der Waals surface area (Å²) in [5, 5.41) is 0. The van der Waals surface area contributed by atoms with Crippen LogP contribution in [0.2, 0.25) is 0 Å². The molecule has 17 heavy (non-hydrogen) atoms. The smallest absolute Gasteiger partial charge is 0.413 e. The molecule has 0 aliphatic carbocycles. The molecule has 0 spiro atoms. The molecular formula is C9H12F6O2. The van der Waals surface area contributed by atoms with Gasteiger partial charge in [-0.05, 0) is 20.3 Å². The van der Waals surface area contributed by atoms with E-state index in [0.717, 1.165) is 0 Å². The molecule has 1 unspecified atom stereocenters. The normalized spacial score (nSPS) is 15.6. The van der Waals surface area contributed by atoms with Crippen LogP contribution in [0.25, 0.3) is 0 Å². The number of halogens is 6. The minimum Gasteiger partial charge on any atom is -0.462 e. The van der Waals surface area contributed by atoms with Crippen molar-refractivity contribution in [1.82, 2.24) is 0 Å². The van der Waals surface area contributed by atoms with E-state index in [9.17, 15) is 31.1 Å². The van der Waals surface area contributed by atoms with Crippen molar-refractivity contribution in [3.05, 3.63) is 0 Å². The van der Waals surface area contributed by atoms with E-state index in [1.54, 1.807) is 0 Å². The van der Waals surface area contributed by atoms with Crippen LogP contribution in [0.4, 0.5) is 26.3 Å². The first-order chi connectivity index (χ1) is 7.38. The van der Waals surface area contributed by atoms with Gasteiger partial charge < -0.3 is 4.74 Å². The fourth-order valence-corrected chi connectivity index (χ4v) is 0.776. The van der Waals surface area contributed by atoms with E-state index in [0.29, 0.717) is 0 Å². The van der Waals surface area contributed by atoms with Gasteiger partial charge in [-0.3, -0.25) is 4.79 Å². The zero-order valence-corrected chi connectivity index (χ0v) is 9.37. The number of esters is 1. The van der Waals surface area contributed by atoms with Crippen molar-refractivity contribution in [1.29, 1.82) is 0 Å². The van der Waals surface area contributed by atoms with Gasteiger partial charge in [0.1, 0.15) is 0 Å². The van der Waals surface area contributed by atoms with Gasteiger partial charge in [0, 0.05) is 0 Å². The Kier molecular flexibility index (Phi) is 4.47. The molecule has 0 saturated heterocycles. The van der Waals surface area contributed by atoms with Crippen molar-refractivity contribution in [2.45, 2.75) is 45.6 Å². The van der Waals surface area contributed by atoms with Crippen molar-refractivity contribution < 1.29 is 35.9 Å². The number of ether oxygens (including phenoxy) is 1. The monoisotopic (exact) mass is 266 g/mol. The lowest BCUT2D eigenvalue weighted by Crippen LogP contribution is -2.54. The van der Waals surface area contributed by atoms with E-state index in [1.165, 1.54) is 13.8 Å². The fourth-order valence-electron chi connectivity index (χ4n) is 0.776. The van der Waals surface area contributed by atoms with Gasteiger partial charge in [-0.2, -0.15) is 26.3 Å². The summed E-state index contributed by atoms with van der Waals surface area (Å²) in [6.07, 6.45) is -12.4. The molecule has 2 nitrogen and oxygen atoms in total. The molecule has 0 bridgehead atoms. The quantitative estimate of drug-likeness (QED) is 0.577. The maximum Gasteiger partial charge on any atom is 0.413 e. The highest BCUT2D eigenvalue weighted by Crippen LogP contribution is 2.50. The Hall–Kier alpha value is -0.950. The van der Waals surface area contributed by atoms with Gasteiger partial charge in [0.15, 0.2) is 0 Å². The highest BCUT2D eigenvalue weighted by atomic mass is 19.4. The molecule has 0 fully saturated rings. The fraction of sp³-hybridized carbons (Fsp3) is 0.889. The van der Waals surface area contributed by atoms with Gasteiger partial charge in [-0.25, -0.2) is 0 Å². The number of hydrogen-bond donors (Lipinski definition) is 0. The third kappa shape index (κ3) is 3.04. The second-order valence-corrected chi connectivity index (χ2v) is 3.74. The predicted molar refractivity (Wildman–Crippen MR) is 46.1 cm³/mol. The lowest BCUT2D eigenvalue weighted by Gasteiger charge is -2.32. The van der Waals surface area contributed by atoms with Gasteiger partial charge in [-0.1, -0.05) is 6.92 Å². The van der Waals surface area contributed by atoms with Crippen LogP contribution in [0.5, 0.6) is 0 Å². The number of rotatable bonds is 3. The first kappa shape index (κ1) is 16.1. The Balaban J connectivity index is 5.30. The van der Waals surface area contributed by atoms with Gasteiger partial charge in [0.2, 0.25) is 0 Å². The van der Waals surface area contributed by atoms with Crippen LogP contribution in [0.15, 0.2) is 0 Å². The number of carbonyl (C=O) groups is 1. The van der Waals surface area contributed by atoms with Crippen LogP contribution in [0.3, 0.4) is 0 Å². The molecule has 0 aliphatic rings. The lowest BCUT2D eigenvalue weighted by atomic mass is 9.89. The molecule has 0 saturated carbocycles. The van der Waals surface area contributed by atoms with E-state index < -0.39 is 29.8 Å². The first-order valence-electron chi connectivity index (χ1n) is 4.72. The summed E-state index contributed by atoms with van der Waals surface area (Å²) in [5.41, 5.74) is -4.50. The van der Waals surface area contributed by atoms with Crippen molar-refractivity contribution in [2.24, 2.45) is 5.41 Å². The van der Waals surface area contributed by atoms with E-state index in [-0.39, 0.29) is 13.3 Å². The Bertz CT molecular complexity index is 266. The molecule has 0 rings (SSSR count). The van der Waals surface area contributed by atoms with Crippen LogP contribution in [-0.4, -0.2) is 24.4 Å². The second-order valence-electron chi connectivity index (χ2n) is 3.74. The standard InChI is InChI=1S/C9H12F6O2/c1-4-5(2)17-6(16)7(3,8(10,11)12)9(13,14)15/h5H,4H2,1-3H3. The van der Waals surface area contributed by atoms with E-state index >= 15 is 0 Å². The van der Waals surface area contributed by atoms with Crippen molar-refractivity contribution >= 4 is 5.97 Å². The molecule has 0 aromatic carbocycles. The number of alkyl halides is 6. The molecule has 1 atom stereocenters. The van der Waals surface area contributed by atoms with E-state index in [2.05, 4.69) is 4.74 Å². The Morgan fingerprint density at radius 2 is 1.47 bits per heavy atom. The second kappa shape index (κ2) is 4.73. The summed E-state index contributed by atoms with van der Waals surface area (Å²) in [7, 11) is 0. The Morgan fingerprint density at radius 3 is 1.71 bits per heavy atom. The molecule has 8 heteroatoms. The summed E-state index contributed by atoms with van der Waals surface area (Å²) in [4.78, 5) is 11.1. The summed E-state index contributed by atoms with van der Waals surface area (Å²) in [6.45, 7) is 2.46. The van der Waals surface area contributed by atoms with Crippen LogP contribution >= 0.6 is 0 Å². The zero-order chi connectivity index (χ0) is 14.1. The van der Waals surface area contributed by atoms with Crippen molar-refractivity contribution in [3.8, 4) is 0 Å². The van der Waals surface area contributed by atoms with Gasteiger partial charge in [0.25, 0.3) is 5.41 Å². The van der Waals surface area contributed by atoms with Gasteiger partial charge >= 0.3 is 18.3 Å². The minimum atomic E-state index is -5.75. The number of carbonyl (C=O) groups excluding carboxylic acids is 1. The van der Waals surface area contributed by atoms with Crippen molar-refractivity contribution in [3.63, 3.8) is 0 Å². The van der Waals surface area contributed by atoms with Crippen molar-refractivity contribution in [2.75, 3.05) is 0 Å². The molecule has 0 aromatic heterocycles. The summed E-state index contributed by atoms with van der Waals surface area (Å²) >= 11 is 0. The molecule has 0 aromatic rings. The Labute approximate surface area is 93.9 Å². The maximum absolute atomic E-state index is 12.4. The SMILES string of the molecule is CCC(C)OC(=O)C(C)(C(F)(F)F)C(F)(F)F. The molecule has 0 heterocycles. The lowest BCUT2D eigenvalue weighted by molar-refractivity contribution is -0.327. The van der Waals surface area contributed by atoms with Crippen LogP contribution in [0, 0.1) is 5.41 Å². The van der Waals surface area contributed by atoms with Gasteiger partial charge in [-0.15, -0.1) is 0 Å². The predicted octanol–water partition coefficient (Wildman–Crippen LogP) is 3.46. The zero-order valence-electron chi connectivity index (χ0n) is 9.37. The molecule has 0 amide bonds. The van der Waals surface area contributed by atoms with Crippen LogP contribution in [-0.2, 0) is 9.53 Å². The minimum absolute atomic E-state index is 0.123. The maximum atomic E-state index is 12.4. The van der Waals surface area contributed by atoms with Gasteiger partial charge in [0.05, 0.1) is 6.10 Å². The van der Waals surface area contributed by atoms with E-state index in [1.807, 2.05) is 0 Å². The molecular weight excluding hydrogens is 254 g/mol. The average Bonchev–Trinajstić information content (AvgIpc) is 2.12. The van der Waals surface area contributed by atoms with Crippen LogP contribution < -0.4 is 0 Å². The van der Waals surface area contributed by atoms with E-state index in [4.69, 9.17) is 0 Å². The highest BCUT2D eigenvalue weighted by Gasteiger charge is 2.73. The molecule has 0 radical (unpaired) electrons. The summed E-state index contributed by atoms with van der Waals surface area (Å²) in [6, 6.07) is 0. The topological polar surface area (TPSA) is 26.3 Å². The Morgan fingerprint density at radius 1 is 1.12 bits per heavy atom. The summed E-state index contributed by atoms with van der Waals surface area (Å²) < 4.78 is 78.4. The van der Waals surface area contributed by atoms with Crippen LogP contribution in [0.1, 0.15) is 27.2 Å². The summed E-state index contributed by atoms with van der Waals surface area (Å²) in [5.74, 6) is -2.33. The largest absolute Gasteiger partial charge is 0.462 e. The first-order valence-corrected chi connectivity index (χ1v) is 4.72.